The van der Waals surface area contributed by atoms with Crippen LogP contribution in [0.25, 0.3) is 0 Å². The number of carbonyl (C=O) groups is 1. The zero-order chi connectivity index (χ0) is 12.8. The fourth-order valence-corrected chi connectivity index (χ4v) is 2.29. The highest BCUT2D eigenvalue weighted by atomic mass is 32.1. The molecule has 2 aromatic heterocycles. The Balaban J connectivity index is 1.90. The molecule has 2 rings (SSSR count). The molecular formula is C12H14N4OS. The Kier molecular flexibility index (Phi) is 4.38. The van der Waals surface area contributed by atoms with Crippen LogP contribution in [-0.4, -0.2) is 22.4 Å². The SMILES string of the molecule is NCCc1nc(CC(=O)Nc2cccnc2)cs1. The van der Waals surface area contributed by atoms with Gasteiger partial charge in [-0.15, -0.1) is 11.3 Å². The Labute approximate surface area is 109 Å². The maximum atomic E-state index is 11.8. The number of pyridine rings is 1. The molecule has 0 aliphatic rings. The monoisotopic (exact) mass is 262 g/mol. The van der Waals surface area contributed by atoms with Gasteiger partial charge in [-0.3, -0.25) is 9.78 Å². The number of hydrogen-bond acceptors (Lipinski definition) is 5. The number of amides is 1. The number of carbonyl (C=O) groups excluding carboxylic acids is 1. The molecule has 18 heavy (non-hydrogen) atoms. The second-order valence-electron chi connectivity index (χ2n) is 3.74. The fourth-order valence-electron chi connectivity index (χ4n) is 1.47. The molecule has 1 amide bonds. The Morgan fingerprint density at radius 1 is 1.50 bits per heavy atom. The molecule has 0 radical (unpaired) electrons. The van der Waals surface area contributed by atoms with Gasteiger partial charge >= 0.3 is 0 Å². The molecular weight excluding hydrogens is 248 g/mol. The van der Waals surface area contributed by atoms with Crippen molar-refractivity contribution in [1.29, 1.82) is 0 Å². The van der Waals surface area contributed by atoms with Crippen LogP contribution in [-0.2, 0) is 17.6 Å². The van der Waals surface area contributed by atoms with Gasteiger partial charge in [-0.1, -0.05) is 0 Å². The zero-order valence-corrected chi connectivity index (χ0v) is 10.6. The van der Waals surface area contributed by atoms with Crippen LogP contribution in [0.1, 0.15) is 10.7 Å². The minimum atomic E-state index is -0.0902. The third kappa shape index (κ3) is 3.61. The van der Waals surface area contributed by atoms with Gasteiger partial charge in [0.05, 0.1) is 29.0 Å². The molecule has 0 aliphatic carbocycles. The summed E-state index contributed by atoms with van der Waals surface area (Å²) in [6.45, 7) is 0.578. The van der Waals surface area contributed by atoms with E-state index in [4.69, 9.17) is 5.73 Å². The number of nitrogens with zero attached hydrogens (tertiary/aromatic N) is 2. The summed E-state index contributed by atoms with van der Waals surface area (Å²) in [6, 6.07) is 3.57. The van der Waals surface area contributed by atoms with Gasteiger partial charge < -0.3 is 11.1 Å². The minimum absolute atomic E-state index is 0.0902. The summed E-state index contributed by atoms with van der Waals surface area (Å²) in [6.07, 6.45) is 4.30. The zero-order valence-electron chi connectivity index (χ0n) is 9.80. The first kappa shape index (κ1) is 12.7. The molecule has 0 bridgehead atoms. The number of thiazole rings is 1. The van der Waals surface area contributed by atoms with Crippen LogP contribution < -0.4 is 11.1 Å². The van der Waals surface area contributed by atoms with E-state index in [1.165, 1.54) is 11.3 Å². The van der Waals surface area contributed by atoms with E-state index in [1.807, 2.05) is 5.38 Å². The van der Waals surface area contributed by atoms with Crippen LogP contribution in [0, 0.1) is 0 Å². The van der Waals surface area contributed by atoms with Crippen molar-refractivity contribution in [2.75, 3.05) is 11.9 Å². The van der Waals surface area contributed by atoms with Crippen LogP contribution in [0.3, 0.4) is 0 Å². The molecule has 5 nitrogen and oxygen atoms in total. The molecule has 0 saturated carbocycles. The number of anilines is 1. The second kappa shape index (κ2) is 6.23. The Hall–Kier alpha value is -1.79. The maximum absolute atomic E-state index is 11.8. The quantitative estimate of drug-likeness (QED) is 0.849. The standard InChI is InChI=1S/C12H14N4OS/c13-4-3-12-16-10(8-18-12)6-11(17)15-9-2-1-5-14-7-9/h1-2,5,7-8H,3-4,6,13H2,(H,15,17). The van der Waals surface area contributed by atoms with Crippen LogP contribution >= 0.6 is 11.3 Å². The highest BCUT2D eigenvalue weighted by Gasteiger charge is 2.07. The maximum Gasteiger partial charge on any atom is 0.230 e. The van der Waals surface area contributed by atoms with Gasteiger partial charge in [0.15, 0.2) is 0 Å². The van der Waals surface area contributed by atoms with Crippen molar-refractivity contribution in [2.45, 2.75) is 12.8 Å². The lowest BCUT2D eigenvalue weighted by Gasteiger charge is -2.02. The largest absolute Gasteiger partial charge is 0.330 e. The molecule has 0 fully saturated rings. The van der Waals surface area contributed by atoms with Crippen molar-refractivity contribution < 1.29 is 4.79 Å². The van der Waals surface area contributed by atoms with Gasteiger partial charge in [-0.05, 0) is 18.7 Å². The third-order valence-electron chi connectivity index (χ3n) is 2.24. The Morgan fingerprint density at radius 2 is 2.39 bits per heavy atom. The summed E-state index contributed by atoms with van der Waals surface area (Å²) >= 11 is 1.54. The first-order chi connectivity index (χ1) is 8.78. The van der Waals surface area contributed by atoms with Gasteiger partial charge in [0.25, 0.3) is 0 Å². The number of nitrogens with one attached hydrogen (secondary N) is 1. The van der Waals surface area contributed by atoms with E-state index in [1.54, 1.807) is 24.5 Å². The summed E-state index contributed by atoms with van der Waals surface area (Å²) in [5.41, 5.74) is 6.93. The van der Waals surface area contributed by atoms with E-state index in [9.17, 15) is 4.79 Å². The fraction of sp³-hybridized carbons (Fsp3) is 0.250. The minimum Gasteiger partial charge on any atom is -0.330 e. The van der Waals surface area contributed by atoms with E-state index in [0.717, 1.165) is 17.1 Å². The van der Waals surface area contributed by atoms with Crippen molar-refractivity contribution in [2.24, 2.45) is 5.73 Å². The van der Waals surface area contributed by atoms with Crippen LogP contribution in [0.4, 0.5) is 5.69 Å². The summed E-state index contributed by atoms with van der Waals surface area (Å²) in [5.74, 6) is -0.0902. The van der Waals surface area contributed by atoms with Gasteiger partial charge in [-0.25, -0.2) is 4.98 Å². The van der Waals surface area contributed by atoms with Crippen molar-refractivity contribution in [3.63, 3.8) is 0 Å². The lowest BCUT2D eigenvalue weighted by Crippen LogP contribution is -2.14. The molecule has 0 spiro atoms. The van der Waals surface area contributed by atoms with Crippen LogP contribution in [0.15, 0.2) is 29.9 Å². The van der Waals surface area contributed by atoms with Gasteiger partial charge in [0, 0.05) is 18.0 Å². The molecule has 0 unspecified atom stereocenters. The first-order valence-corrected chi connectivity index (χ1v) is 6.49. The van der Waals surface area contributed by atoms with Gasteiger partial charge in [-0.2, -0.15) is 0 Å². The predicted octanol–water partition coefficient (Wildman–Crippen LogP) is 1.22. The van der Waals surface area contributed by atoms with Gasteiger partial charge in [0.1, 0.15) is 0 Å². The van der Waals surface area contributed by atoms with E-state index in [-0.39, 0.29) is 12.3 Å². The second-order valence-corrected chi connectivity index (χ2v) is 4.68. The van der Waals surface area contributed by atoms with Crippen molar-refractivity contribution >= 4 is 22.9 Å². The summed E-state index contributed by atoms with van der Waals surface area (Å²) in [4.78, 5) is 20.0. The highest BCUT2D eigenvalue weighted by molar-refractivity contribution is 7.09. The van der Waals surface area contributed by atoms with E-state index in [0.29, 0.717) is 12.2 Å². The van der Waals surface area contributed by atoms with Crippen molar-refractivity contribution in [1.82, 2.24) is 9.97 Å². The average molecular weight is 262 g/mol. The van der Waals surface area contributed by atoms with Crippen molar-refractivity contribution in [3.8, 4) is 0 Å². The molecule has 94 valence electrons. The molecule has 2 heterocycles. The summed E-state index contributed by atoms with van der Waals surface area (Å²) in [7, 11) is 0. The average Bonchev–Trinajstić information content (AvgIpc) is 2.78. The van der Waals surface area contributed by atoms with E-state index in [2.05, 4.69) is 15.3 Å². The molecule has 0 saturated heterocycles. The molecule has 0 aliphatic heterocycles. The van der Waals surface area contributed by atoms with Crippen LogP contribution in [0.2, 0.25) is 0 Å². The smallest absolute Gasteiger partial charge is 0.230 e. The summed E-state index contributed by atoms with van der Waals surface area (Å²) in [5, 5.41) is 5.64. The molecule has 0 aromatic carbocycles. The lowest BCUT2D eigenvalue weighted by atomic mass is 10.3. The number of rotatable bonds is 5. The number of hydrogen-bond donors (Lipinski definition) is 2. The topological polar surface area (TPSA) is 80.9 Å². The molecule has 6 heteroatoms. The number of aromatic nitrogens is 2. The van der Waals surface area contributed by atoms with E-state index < -0.39 is 0 Å². The highest BCUT2D eigenvalue weighted by Crippen LogP contribution is 2.11. The van der Waals surface area contributed by atoms with E-state index >= 15 is 0 Å². The van der Waals surface area contributed by atoms with Crippen molar-refractivity contribution in [3.05, 3.63) is 40.6 Å². The number of nitrogens with two attached hydrogens (primary N) is 1. The molecule has 0 atom stereocenters. The third-order valence-corrected chi connectivity index (χ3v) is 3.20. The van der Waals surface area contributed by atoms with Crippen LogP contribution in [0.5, 0.6) is 0 Å². The first-order valence-electron chi connectivity index (χ1n) is 5.61. The summed E-state index contributed by atoms with van der Waals surface area (Å²) < 4.78 is 0. The Morgan fingerprint density at radius 3 is 3.11 bits per heavy atom. The van der Waals surface area contributed by atoms with Gasteiger partial charge in [0.2, 0.25) is 5.91 Å². The molecule has 2 aromatic rings. The Bertz CT molecular complexity index is 512. The molecule has 3 N–H and O–H groups in total. The lowest BCUT2D eigenvalue weighted by molar-refractivity contribution is -0.115. The normalized spacial score (nSPS) is 10.3. The predicted molar refractivity (Wildman–Crippen MR) is 71.4 cm³/mol.